The van der Waals surface area contributed by atoms with Crippen molar-refractivity contribution in [2.45, 2.75) is 26.2 Å². The van der Waals surface area contributed by atoms with Crippen LogP contribution in [0.3, 0.4) is 0 Å². The lowest BCUT2D eigenvalue weighted by Gasteiger charge is -2.09. The summed E-state index contributed by atoms with van der Waals surface area (Å²) in [7, 11) is 0. The van der Waals surface area contributed by atoms with E-state index in [1.54, 1.807) is 0 Å². The second-order valence-electron chi connectivity index (χ2n) is 5.77. The molecule has 3 rings (SSSR count). The maximum Gasteiger partial charge on any atom is 0.227 e. The second-order valence-corrected chi connectivity index (χ2v) is 5.77. The number of hydrogen-bond acceptors (Lipinski definition) is 2. The summed E-state index contributed by atoms with van der Waals surface area (Å²) < 4.78 is 13.7. The lowest BCUT2D eigenvalue weighted by atomic mass is 10.2. The predicted octanol–water partition coefficient (Wildman–Crippen LogP) is 2.77. The van der Waals surface area contributed by atoms with E-state index in [0.29, 0.717) is 11.6 Å². The topological polar surface area (TPSA) is 58.2 Å². The molecule has 0 saturated heterocycles. The Morgan fingerprint density at radius 2 is 1.90 bits per heavy atom. The Hall–Kier alpha value is -1.91. The van der Waals surface area contributed by atoms with Gasteiger partial charge < -0.3 is 10.6 Å². The predicted molar refractivity (Wildman–Crippen MR) is 73.7 cm³/mol. The zero-order valence-corrected chi connectivity index (χ0v) is 11.3. The summed E-state index contributed by atoms with van der Waals surface area (Å²) in [6.07, 6.45) is 2.63. The van der Waals surface area contributed by atoms with Gasteiger partial charge in [0.15, 0.2) is 0 Å². The molecule has 0 unspecified atom stereocenters. The van der Waals surface area contributed by atoms with Crippen molar-refractivity contribution in [1.82, 2.24) is 0 Å². The third-order valence-electron chi connectivity index (χ3n) is 3.89. The highest BCUT2D eigenvalue weighted by atomic mass is 19.1. The van der Waals surface area contributed by atoms with Crippen molar-refractivity contribution in [2.24, 2.45) is 17.8 Å². The van der Waals surface area contributed by atoms with Gasteiger partial charge >= 0.3 is 0 Å². The van der Waals surface area contributed by atoms with Gasteiger partial charge in [0.2, 0.25) is 11.8 Å². The average Bonchev–Trinajstić information content (AvgIpc) is 3.27. The first-order chi connectivity index (χ1) is 9.54. The molecule has 2 saturated carbocycles. The quantitative estimate of drug-likeness (QED) is 0.888. The van der Waals surface area contributed by atoms with Gasteiger partial charge in [-0.25, -0.2) is 4.39 Å². The van der Waals surface area contributed by atoms with Gasteiger partial charge in [0.25, 0.3) is 0 Å². The van der Waals surface area contributed by atoms with Crippen LogP contribution in [0.2, 0.25) is 0 Å². The molecule has 20 heavy (non-hydrogen) atoms. The highest BCUT2D eigenvalue weighted by Crippen LogP contribution is 2.38. The van der Waals surface area contributed by atoms with Crippen LogP contribution >= 0.6 is 0 Å². The first-order valence-electron chi connectivity index (χ1n) is 6.96. The molecule has 2 N–H and O–H groups in total. The van der Waals surface area contributed by atoms with E-state index in [9.17, 15) is 14.0 Å². The van der Waals surface area contributed by atoms with Gasteiger partial charge in [0.1, 0.15) is 5.82 Å². The highest BCUT2D eigenvalue weighted by molar-refractivity contribution is 5.97. The summed E-state index contributed by atoms with van der Waals surface area (Å²) in [6.45, 7) is 2.02. The number of anilines is 2. The molecule has 0 radical (unpaired) electrons. The molecule has 0 bridgehead atoms. The maximum absolute atomic E-state index is 13.7. The minimum absolute atomic E-state index is 0.0139. The van der Waals surface area contributed by atoms with Crippen LogP contribution < -0.4 is 10.6 Å². The maximum atomic E-state index is 13.7. The Labute approximate surface area is 116 Å². The fourth-order valence-corrected chi connectivity index (χ4v) is 2.20. The number of carbonyl (C=O) groups excluding carboxylic acids is 2. The molecule has 4 nitrogen and oxygen atoms in total. The van der Waals surface area contributed by atoms with E-state index in [-0.39, 0.29) is 29.3 Å². The fourth-order valence-electron chi connectivity index (χ4n) is 2.20. The molecule has 0 aromatic heterocycles. The van der Waals surface area contributed by atoms with E-state index in [4.69, 9.17) is 0 Å². The Balaban J connectivity index is 1.68. The third kappa shape index (κ3) is 2.81. The lowest BCUT2D eigenvalue weighted by Crippen LogP contribution is -2.16. The molecule has 5 heteroatoms. The van der Waals surface area contributed by atoms with Crippen LogP contribution in [0, 0.1) is 23.6 Å². The van der Waals surface area contributed by atoms with Gasteiger partial charge in [0, 0.05) is 17.5 Å². The molecular weight excluding hydrogens is 259 g/mol. The molecule has 2 amide bonds. The first-order valence-corrected chi connectivity index (χ1v) is 6.96. The molecule has 106 valence electrons. The van der Waals surface area contributed by atoms with Crippen LogP contribution in [0.1, 0.15) is 26.2 Å². The molecule has 0 aliphatic heterocycles. The van der Waals surface area contributed by atoms with Crippen molar-refractivity contribution < 1.29 is 14.0 Å². The average molecular weight is 276 g/mol. The smallest absolute Gasteiger partial charge is 0.227 e. The van der Waals surface area contributed by atoms with Crippen LogP contribution in [0.25, 0.3) is 0 Å². The second kappa shape index (κ2) is 4.89. The molecule has 2 aliphatic carbocycles. The molecular formula is C15H17FN2O2. The number of carbonyl (C=O) groups is 2. The molecule has 2 aliphatic rings. The molecule has 0 spiro atoms. The molecule has 2 atom stereocenters. The van der Waals surface area contributed by atoms with Crippen molar-refractivity contribution in [3.05, 3.63) is 24.0 Å². The minimum Gasteiger partial charge on any atom is -0.326 e. The Morgan fingerprint density at radius 3 is 2.50 bits per heavy atom. The lowest BCUT2D eigenvalue weighted by molar-refractivity contribution is -0.118. The van der Waals surface area contributed by atoms with Gasteiger partial charge in [-0.15, -0.1) is 0 Å². The number of amides is 2. The van der Waals surface area contributed by atoms with Crippen LogP contribution in [0.4, 0.5) is 15.8 Å². The monoisotopic (exact) mass is 276 g/mol. The van der Waals surface area contributed by atoms with Gasteiger partial charge in [0.05, 0.1) is 5.69 Å². The number of rotatable bonds is 4. The summed E-state index contributed by atoms with van der Waals surface area (Å²) in [6, 6.07) is 4.24. The highest BCUT2D eigenvalue weighted by Gasteiger charge is 2.39. The summed E-state index contributed by atoms with van der Waals surface area (Å²) in [5.74, 6) is -0.183. The summed E-state index contributed by atoms with van der Waals surface area (Å²) in [5, 5.41) is 5.34. The van der Waals surface area contributed by atoms with E-state index < -0.39 is 5.82 Å². The molecule has 2 fully saturated rings. The van der Waals surface area contributed by atoms with Crippen molar-refractivity contribution >= 4 is 23.2 Å². The zero-order valence-electron chi connectivity index (χ0n) is 11.3. The van der Waals surface area contributed by atoms with E-state index in [0.717, 1.165) is 19.3 Å². The van der Waals surface area contributed by atoms with Crippen molar-refractivity contribution in [2.75, 3.05) is 10.6 Å². The summed E-state index contributed by atoms with van der Waals surface area (Å²) >= 11 is 0. The van der Waals surface area contributed by atoms with Gasteiger partial charge in [-0.05, 0) is 43.4 Å². The van der Waals surface area contributed by atoms with Crippen molar-refractivity contribution in [3.63, 3.8) is 0 Å². The normalized spacial score (nSPS) is 24.1. The molecule has 0 heterocycles. The van der Waals surface area contributed by atoms with Gasteiger partial charge in [-0.3, -0.25) is 9.59 Å². The van der Waals surface area contributed by atoms with Crippen LogP contribution in [-0.4, -0.2) is 11.8 Å². The number of nitrogens with one attached hydrogen (secondary N) is 2. The van der Waals surface area contributed by atoms with Gasteiger partial charge in [-0.1, -0.05) is 6.92 Å². The first kappa shape index (κ1) is 13.1. The van der Waals surface area contributed by atoms with Crippen molar-refractivity contribution in [3.8, 4) is 0 Å². The Morgan fingerprint density at radius 1 is 1.20 bits per heavy atom. The SMILES string of the molecule is C[C@H]1C[C@@H]1C(=O)Nc1ccc(F)c(NC(=O)C2CC2)c1. The number of hydrogen-bond donors (Lipinski definition) is 2. The fraction of sp³-hybridized carbons (Fsp3) is 0.467. The van der Waals surface area contributed by atoms with Crippen LogP contribution in [0.15, 0.2) is 18.2 Å². The van der Waals surface area contributed by atoms with Crippen LogP contribution in [0.5, 0.6) is 0 Å². The zero-order chi connectivity index (χ0) is 14.3. The Kier molecular flexibility index (Phi) is 3.20. The van der Waals surface area contributed by atoms with E-state index in [2.05, 4.69) is 10.6 Å². The van der Waals surface area contributed by atoms with E-state index in [1.807, 2.05) is 6.92 Å². The van der Waals surface area contributed by atoms with E-state index in [1.165, 1.54) is 18.2 Å². The summed E-state index contributed by atoms with van der Waals surface area (Å²) in [5.41, 5.74) is 0.644. The minimum atomic E-state index is -0.489. The molecule has 1 aromatic rings. The number of benzene rings is 1. The summed E-state index contributed by atoms with van der Waals surface area (Å²) in [4.78, 5) is 23.5. The van der Waals surface area contributed by atoms with Gasteiger partial charge in [-0.2, -0.15) is 0 Å². The number of halogens is 1. The third-order valence-corrected chi connectivity index (χ3v) is 3.89. The van der Waals surface area contributed by atoms with Crippen LogP contribution in [-0.2, 0) is 9.59 Å². The largest absolute Gasteiger partial charge is 0.326 e. The Bertz CT molecular complexity index is 569. The standard InChI is InChI=1S/C15H17FN2O2/c1-8-6-11(8)15(20)17-10-4-5-12(16)13(7-10)18-14(19)9-2-3-9/h4-5,7-9,11H,2-3,6H2,1H3,(H,17,20)(H,18,19)/t8-,11-/m0/s1. The van der Waals surface area contributed by atoms with E-state index >= 15 is 0 Å². The molecule has 1 aromatic carbocycles. The van der Waals surface area contributed by atoms with Crippen molar-refractivity contribution in [1.29, 1.82) is 0 Å².